The molecule has 0 amide bonds. The van der Waals surface area contributed by atoms with Crippen LogP contribution in [0.3, 0.4) is 0 Å². The van der Waals surface area contributed by atoms with Gasteiger partial charge in [0.25, 0.3) is 0 Å². The number of hydrogen-bond donors (Lipinski definition) is 1. The molecule has 2 saturated heterocycles. The lowest BCUT2D eigenvalue weighted by Crippen LogP contribution is -2.51. The van der Waals surface area contributed by atoms with Crippen molar-refractivity contribution in [2.24, 2.45) is 29.1 Å². The van der Waals surface area contributed by atoms with Crippen molar-refractivity contribution in [2.45, 2.75) is 88.9 Å². The van der Waals surface area contributed by atoms with Gasteiger partial charge in [-0.2, -0.15) is 0 Å². The lowest BCUT2D eigenvalue weighted by Gasteiger charge is -2.51. The number of ether oxygens (including phenoxy) is 2. The van der Waals surface area contributed by atoms with E-state index in [1.807, 2.05) is 6.07 Å². The number of carbonyl (C=O) groups is 1. The minimum Gasteiger partial charge on any atom is -0.469 e. The molecule has 5 fully saturated rings. The van der Waals surface area contributed by atoms with E-state index in [1.165, 1.54) is 44.9 Å². The number of esters is 1. The molecule has 6 rings (SSSR count). The van der Waals surface area contributed by atoms with Gasteiger partial charge in [0.1, 0.15) is 11.9 Å². The van der Waals surface area contributed by atoms with Crippen molar-refractivity contribution in [3.05, 3.63) is 24.2 Å². The summed E-state index contributed by atoms with van der Waals surface area (Å²) in [6, 6.07) is 4.53. The second kappa shape index (κ2) is 7.62. The minimum absolute atomic E-state index is 0.00142. The number of fused-ring (bicyclic) bond motifs is 3. The highest BCUT2D eigenvalue weighted by molar-refractivity contribution is 5.75. The largest absolute Gasteiger partial charge is 0.469 e. The van der Waals surface area contributed by atoms with Crippen molar-refractivity contribution >= 4 is 5.97 Å². The number of nitrogens with one attached hydrogen (secondary N) is 1. The summed E-state index contributed by atoms with van der Waals surface area (Å²) in [5, 5.41) is 3.83. The van der Waals surface area contributed by atoms with Crippen LogP contribution in [0.15, 0.2) is 22.8 Å². The molecule has 8 atom stereocenters. The number of carbonyl (C=O) groups excluding carboxylic acids is 1. The molecule has 1 spiro atoms. The maximum Gasteiger partial charge on any atom is 0.310 e. The second-order valence-electron chi connectivity index (χ2n) is 11.4. The molecule has 0 bridgehead atoms. The van der Waals surface area contributed by atoms with Crippen molar-refractivity contribution in [2.75, 3.05) is 13.2 Å². The Balaban J connectivity index is 1.13. The van der Waals surface area contributed by atoms with Crippen LogP contribution < -0.4 is 5.32 Å². The lowest BCUT2D eigenvalue weighted by molar-refractivity contribution is -0.147. The molecular formula is C26H37NO4. The molecule has 5 heteroatoms. The molecule has 0 radical (unpaired) electrons. The zero-order valence-electron chi connectivity index (χ0n) is 18.8. The Morgan fingerprint density at radius 3 is 2.87 bits per heavy atom. The quantitative estimate of drug-likeness (QED) is 0.554. The molecule has 170 valence electrons. The summed E-state index contributed by atoms with van der Waals surface area (Å²) >= 11 is 0. The van der Waals surface area contributed by atoms with Crippen LogP contribution in [0.25, 0.3) is 0 Å². The first-order chi connectivity index (χ1) is 15.1. The molecule has 1 N–H and O–H groups in total. The fourth-order valence-corrected chi connectivity index (χ4v) is 7.88. The van der Waals surface area contributed by atoms with E-state index < -0.39 is 0 Å². The maximum absolute atomic E-state index is 12.9. The van der Waals surface area contributed by atoms with Gasteiger partial charge in [0, 0.05) is 24.9 Å². The highest BCUT2D eigenvalue weighted by atomic mass is 16.6. The third-order valence-corrected chi connectivity index (χ3v) is 9.63. The topological polar surface area (TPSA) is 64.0 Å². The Labute approximate surface area is 185 Å². The van der Waals surface area contributed by atoms with Crippen LogP contribution >= 0.6 is 0 Å². The zero-order chi connectivity index (χ0) is 21.1. The van der Waals surface area contributed by atoms with E-state index in [4.69, 9.17) is 13.9 Å². The molecule has 0 aromatic carbocycles. The van der Waals surface area contributed by atoms with Gasteiger partial charge in [-0.1, -0.05) is 19.8 Å². The van der Waals surface area contributed by atoms with E-state index in [2.05, 4.69) is 18.3 Å². The van der Waals surface area contributed by atoms with E-state index in [1.54, 1.807) is 6.26 Å². The van der Waals surface area contributed by atoms with Gasteiger partial charge in [-0.3, -0.25) is 4.79 Å². The van der Waals surface area contributed by atoms with Crippen molar-refractivity contribution in [3.63, 3.8) is 0 Å². The average Bonchev–Trinajstić information content (AvgIpc) is 3.19. The summed E-state index contributed by atoms with van der Waals surface area (Å²) in [6.45, 7) is 4.12. The summed E-state index contributed by atoms with van der Waals surface area (Å²) < 4.78 is 17.7. The summed E-state index contributed by atoms with van der Waals surface area (Å²) in [6.07, 6.45) is 13.7. The number of rotatable bonds is 5. The van der Waals surface area contributed by atoms with Crippen LogP contribution in [0.5, 0.6) is 0 Å². The highest BCUT2D eigenvalue weighted by Gasteiger charge is 2.65. The highest BCUT2D eigenvalue weighted by Crippen LogP contribution is 2.62. The van der Waals surface area contributed by atoms with E-state index in [0.29, 0.717) is 23.8 Å². The van der Waals surface area contributed by atoms with Crippen molar-refractivity contribution in [3.8, 4) is 0 Å². The maximum atomic E-state index is 12.9. The van der Waals surface area contributed by atoms with E-state index in [9.17, 15) is 4.79 Å². The molecule has 5 nitrogen and oxygen atoms in total. The van der Waals surface area contributed by atoms with Gasteiger partial charge in [0.2, 0.25) is 0 Å². The van der Waals surface area contributed by atoms with Gasteiger partial charge in [-0.25, -0.2) is 0 Å². The van der Waals surface area contributed by atoms with Crippen LogP contribution in [0.2, 0.25) is 0 Å². The molecule has 1 aromatic heterocycles. The predicted molar refractivity (Wildman–Crippen MR) is 116 cm³/mol. The summed E-state index contributed by atoms with van der Waals surface area (Å²) in [7, 11) is 0. The standard InChI is InChI=1S/C26H37NO4/c1-25-9-5-10-26(16-30-26)23(25)13-19-20(24(28)31-22(19)14-25)15-27-21-8-3-2-6-17(21)12-18-7-4-11-29-18/h4,7,11,17,19-23,27H,2-3,5-6,8-10,12-16H2,1H3/t17?,19-,20?,21?,22-,23?,25-,26+/m1/s1. The molecule has 5 aliphatic rings. The first-order valence-corrected chi connectivity index (χ1v) is 12.7. The van der Waals surface area contributed by atoms with Crippen LogP contribution in [0.1, 0.15) is 70.5 Å². The Bertz CT molecular complexity index is 802. The monoisotopic (exact) mass is 427 g/mol. The molecule has 3 saturated carbocycles. The third-order valence-electron chi connectivity index (χ3n) is 9.63. The summed E-state index contributed by atoms with van der Waals surface area (Å²) in [5.41, 5.74) is 0.398. The van der Waals surface area contributed by atoms with E-state index >= 15 is 0 Å². The second-order valence-corrected chi connectivity index (χ2v) is 11.4. The van der Waals surface area contributed by atoms with Crippen LogP contribution in [0, 0.1) is 29.1 Å². The van der Waals surface area contributed by atoms with Gasteiger partial charge in [-0.05, 0) is 74.3 Å². The van der Waals surface area contributed by atoms with Crippen molar-refractivity contribution < 1.29 is 18.7 Å². The summed E-state index contributed by atoms with van der Waals surface area (Å²) in [4.78, 5) is 12.9. The minimum atomic E-state index is -0.00142. The molecule has 3 aliphatic carbocycles. The van der Waals surface area contributed by atoms with Gasteiger partial charge in [0.15, 0.2) is 0 Å². The third kappa shape index (κ3) is 3.56. The van der Waals surface area contributed by atoms with Crippen LogP contribution in [-0.4, -0.2) is 36.9 Å². The lowest BCUT2D eigenvalue weighted by atomic mass is 9.53. The fraction of sp³-hybridized carbons (Fsp3) is 0.808. The molecule has 31 heavy (non-hydrogen) atoms. The number of furan rings is 1. The Hall–Kier alpha value is -1.33. The molecule has 4 unspecified atom stereocenters. The average molecular weight is 428 g/mol. The molecule has 1 aromatic rings. The Morgan fingerprint density at radius 1 is 1.19 bits per heavy atom. The van der Waals surface area contributed by atoms with Gasteiger partial charge in [-0.15, -0.1) is 0 Å². The Morgan fingerprint density at radius 2 is 2.06 bits per heavy atom. The first kappa shape index (κ1) is 20.3. The predicted octanol–water partition coefficient (Wildman–Crippen LogP) is 4.50. The smallest absolute Gasteiger partial charge is 0.310 e. The number of epoxide rings is 1. The van der Waals surface area contributed by atoms with Crippen molar-refractivity contribution in [1.29, 1.82) is 0 Å². The molecule has 3 heterocycles. The van der Waals surface area contributed by atoms with Crippen LogP contribution in [0.4, 0.5) is 0 Å². The van der Waals surface area contributed by atoms with Gasteiger partial charge in [0.05, 0.1) is 24.4 Å². The van der Waals surface area contributed by atoms with Crippen molar-refractivity contribution in [1.82, 2.24) is 5.32 Å². The normalized spacial score (nSPS) is 46.4. The zero-order valence-corrected chi connectivity index (χ0v) is 18.8. The fourth-order valence-electron chi connectivity index (χ4n) is 7.88. The Kier molecular flexibility index (Phi) is 4.99. The van der Waals surface area contributed by atoms with Crippen LogP contribution in [-0.2, 0) is 20.7 Å². The van der Waals surface area contributed by atoms with E-state index in [0.717, 1.165) is 38.2 Å². The first-order valence-electron chi connectivity index (χ1n) is 12.7. The SMILES string of the molecule is C[C@]12CCC[C@]3(CO3)C1C[C@@H]1C(CNC3CCCCC3Cc3ccco3)C(=O)O[C@@H]1C2. The molecular weight excluding hydrogens is 390 g/mol. The molecule has 2 aliphatic heterocycles. The van der Waals surface area contributed by atoms with E-state index in [-0.39, 0.29) is 29.0 Å². The van der Waals surface area contributed by atoms with Gasteiger partial charge < -0.3 is 19.2 Å². The van der Waals surface area contributed by atoms with Gasteiger partial charge >= 0.3 is 5.97 Å². The summed E-state index contributed by atoms with van der Waals surface area (Å²) in [5.74, 6) is 2.65. The number of hydrogen-bond acceptors (Lipinski definition) is 5.